The van der Waals surface area contributed by atoms with E-state index in [-0.39, 0.29) is 11.1 Å². The number of thioether (sulfide) groups is 1. The maximum absolute atomic E-state index is 12.6. The van der Waals surface area contributed by atoms with Gasteiger partial charge in [-0.2, -0.15) is 0 Å². The molecule has 1 saturated heterocycles. The number of carbonyl (C=O) groups excluding carboxylic acids is 2. The molecule has 158 valence electrons. The van der Waals surface area contributed by atoms with Crippen LogP contribution in [0.2, 0.25) is 0 Å². The van der Waals surface area contributed by atoms with Crippen molar-refractivity contribution in [3.63, 3.8) is 0 Å². The Bertz CT molecular complexity index is 958. The zero-order valence-electron chi connectivity index (χ0n) is 16.0. The number of halogens is 3. The average molecular weight is 714 g/mol. The highest BCUT2D eigenvalue weighted by atomic mass is 127. The fraction of sp³-hybridized carbons (Fsp3) is 0.238. The monoisotopic (exact) mass is 713 g/mol. The summed E-state index contributed by atoms with van der Waals surface area (Å²) < 4.78 is 14.0. The molecule has 2 amide bonds. The molecule has 2 aromatic rings. The van der Waals surface area contributed by atoms with Gasteiger partial charge in [0.15, 0.2) is 0 Å². The lowest BCUT2D eigenvalue weighted by atomic mass is 10.2. The largest absolute Gasteiger partial charge is 0.487 e. The zero-order chi connectivity index (χ0) is 21.7. The number of hydrogen-bond acceptors (Lipinski definition) is 5. The summed E-state index contributed by atoms with van der Waals surface area (Å²) in [5, 5.41) is -0.235. The topological polar surface area (TPSA) is 55.8 Å². The number of benzene rings is 2. The van der Waals surface area contributed by atoms with E-state index in [9.17, 15) is 9.59 Å². The smallest absolute Gasteiger partial charge is 0.293 e. The van der Waals surface area contributed by atoms with Gasteiger partial charge in [-0.1, -0.05) is 28.1 Å². The van der Waals surface area contributed by atoms with E-state index in [1.807, 2.05) is 36.4 Å². The van der Waals surface area contributed by atoms with E-state index in [2.05, 4.69) is 61.1 Å². The molecule has 0 radical (unpaired) electrons. The van der Waals surface area contributed by atoms with E-state index < -0.39 is 0 Å². The first-order chi connectivity index (χ1) is 14.4. The van der Waals surface area contributed by atoms with E-state index in [1.54, 1.807) is 13.2 Å². The lowest BCUT2D eigenvalue weighted by molar-refractivity contribution is -0.122. The number of hydrogen-bond donors (Lipinski definition) is 0. The van der Waals surface area contributed by atoms with Gasteiger partial charge in [0, 0.05) is 24.7 Å². The third kappa shape index (κ3) is 6.21. The summed E-state index contributed by atoms with van der Waals surface area (Å²) in [6.45, 7) is 1.35. The van der Waals surface area contributed by atoms with Crippen LogP contribution in [0, 0.1) is 7.14 Å². The molecule has 0 aromatic heterocycles. The van der Waals surface area contributed by atoms with Gasteiger partial charge in [-0.15, -0.1) is 0 Å². The molecule has 0 saturated carbocycles. The van der Waals surface area contributed by atoms with Crippen molar-refractivity contribution in [2.24, 2.45) is 0 Å². The van der Waals surface area contributed by atoms with Gasteiger partial charge < -0.3 is 9.47 Å². The second-order valence-electron chi connectivity index (χ2n) is 6.41. The highest BCUT2D eigenvalue weighted by Gasteiger charge is 2.34. The molecule has 1 aliphatic heterocycles. The van der Waals surface area contributed by atoms with Gasteiger partial charge in [0.25, 0.3) is 11.1 Å². The minimum absolute atomic E-state index is 0.235. The SMILES string of the molecule is COCCCN1C(=O)S/C(=C/c2cc(I)c(OCc3ccc(Br)cc3)c(I)c2)C1=O. The summed E-state index contributed by atoms with van der Waals surface area (Å²) in [5.41, 5.74) is 1.94. The van der Waals surface area contributed by atoms with Gasteiger partial charge >= 0.3 is 0 Å². The zero-order valence-corrected chi connectivity index (χ0v) is 22.7. The van der Waals surface area contributed by atoms with Crippen molar-refractivity contribution in [2.75, 3.05) is 20.3 Å². The van der Waals surface area contributed by atoms with E-state index in [0.29, 0.717) is 31.1 Å². The van der Waals surface area contributed by atoms with Crippen LogP contribution in [-0.2, 0) is 16.1 Å². The molecule has 0 spiro atoms. The summed E-state index contributed by atoms with van der Waals surface area (Å²) >= 11 is 8.87. The summed E-state index contributed by atoms with van der Waals surface area (Å²) in [5.74, 6) is 0.561. The van der Waals surface area contributed by atoms with Crippen LogP contribution < -0.4 is 4.74 Å². The Kier molecular flexibility index (Phi) is 9.05. The van der Waals surface area contributed by atoms with Gasteiger partial charge in [0.2, 0.25) is 0 Å². The number of rotatable bonds is 8. The number of amides is 2. The standard InChI is InChI=1S/C21H18BrI2NO4S/c1-28-8-2-7-25-20(26)18(30-21(25)27)11-14-9-16(23)19(17(24)10-14)29-12-13-3-5-15(22)6-4-13/h3-6,9-11H,2,7-8,12H2,1H3/b18-11+. The molecule has 1 aliphatic rings. The van der Waals surface area contributed by atoms with Crippen LogP contribution in [0.5, 0.6) is 5.75 Å². The maximum Gasteiger partial charge on any atom is 0.293 e. The van der Waals surface area contributed by atoms with Gasteiger partial charge in [0.05, 0.1) is 12.0 Å². The van der Waals surface area contributed by atoms with Crippen molar-refractivity contribution in [3.05, 3.63) is 64.0 Å². The van der Waals surface area contributed by atoms with Crippen LogP contribution in [0.3, 0.4) is 0 Å². The lowest BCUT2D eigenvalue weighted by Crippen LogP contribution is -2.29. The van der Waals surface area contributed by atoms with Crippen LogP contribution in [0.15, 0.2) is 45.8 Å². The fourth-order valence-electron chi connectivity index (χ4n) is 2.75. The van der Waals surface area contributed by atoms with Gasteiger partial charge in [-0.05, 0) is 105 Å². The maximum atomic E-state index is 12.6. The molecule has 0 unspecified atom stereocenters. The summed E-state index contributed by atoms with van der Waals surface area (Å²) in [6.07, 6.45) is 2.39. The highest BCUT2D eigenvalue weighted by Crippen LogP contribution is 2.35. The summed E-state index contributed by atoms with van der Waals surface area (Å²) in [4.78, 5) is 26.5. The molecule has 0 atom stereocenters. The molecule has 2 aromatic carbocycles. The first kappa shape index (κ1) is 24.0. The van der Waals surface area contributed by atoms with E-state index in [4.69, 9.17) is 9.47 Å². The molecular weight excluding hydrogens is 696 g/mol. The second kappa shape index (κ2) is 11.3. The van der Waals surface area contributed by atoms with Crippen molar-refractivity contribution < 1.29 is 19.1 Å². The van der Waals surface area contributed by atoms with Crippen LogP contribution >= 0.6 is 72.9 Å². The van der Waals surface area contributed by atoms with E-state index >= 15 is 0 Å². The Morgan fingerprint density at radius 3 is 2.43 bits per heavy atom. The Morgan fingerprint density at radius 1 is 1.13 bits per heavy atom. The van der Waals surface area contributed by atoms with Gasteiger partial charge in [-0.25, -0.2) is 0 Å². The first-order valence-corrected chi connectivity index (χ1v) is 12.8. The predicted octanol–water partition coefficient (Wildman–Crippen LogP) is 6.31. The number of ether oxygens (including phenoxy) is 2. The minimum atomic E-state index is -0.248. The Balaban J connectivity index is 1.72. The van der Waals surface area contributed by atoms with Crippen molar-refractivity contribution in [3.8, 4) is 5.75 Å². The van der Waals surface area contributed by atoms with Gasteiger partial charge in [0.1, 0.15) is 12.4 Å². The molecule has 0 N–H and O–H groups in total. The summed E-state index contributed by atoms with van der Waals surface area (Å²) in [6, 6.07) is 11.9. The van der Waals surface area contributed by atoms with Crippen LogP contribution in [0.1, 0.15) is 17.5 Å². The van der Waals surface area contributed by atoms with Crippen LogP contribution in [0.4, 0.5) is 4.79 Å². The molecule has 3 rings (SSSR count). The van der Waals surface area contributed by atoms with Crippen LogP contribution in [-0.4, -0.2) is 36.3 Å². The number of nitrogens with zero attached hydrogens (tertiary/aromatic N) is 1. The Hall–Kier alpha value is -0.630. The molecule has 1 fully saturated rings. The quantitative estimate of drug-likeness (QED) is 0.183. The van der Waals surface area contributed by atoms with Crippen LogP contribution in [0.25, 0.3) is 6.08 Å². The third-order valence-corrected chi connectivity index (χ3v) is 7.26. The molecule has 1 heterocycles. The van der Waals surface area contributed by atoms with E-state index in [1.165, 1.54) is 4.90 Å². The number of imide groups is 1. The third-order valence-electron chi connectivity index (χ3n) is 4.22. The first-order valence-electron chi connectivity index (χ1n) is 8.99. The molecular formula is C21H18BrI2NO4S. The normalized spacial score (nSPS) is 15.3. The van der Waals surface area contributed by atoms with Crippen molar-refractivity contribution in [1.82, 2.24) is 4.90 Å². The molecule has 0 aliphatic carbocycles. The van der Waals surface area contributed by atoms with Crippen molar-refractivity contribution in [2.45, 2.75) is 13.0 Å². The van der Waals surface area contributed by atoms with E-state index in [0.717, 1.165) is 40.3 Å². The molecule has 9 heteroatoms. The van der Waals surface area contributed by atoms with Crippen molar-refractivity contribution >= 4 is 90.1 Å². The lowest BCUT2D eigenvalue weighted by Gasteiger charge is -2.12. The average Bonchev–Trinajstić information content (AvgIpc) is 2.96. The molecule has 5 nitrogen and oxygen atoms in total. The predicted molar refractivity (Wildman–Crippen MR) is 140 cm³/mol. The number of methoxy groups -OCH3 is 1. The van der Waals surface area contributed by atoms with Crippen molar-refractivity contribution in [1.29, 1.82) is 0 Å². The summed E-state index contributed by atoms with van der Waals surface area (Å²) in [7, 11) is 1.60. The molecule has 0 bridgehead atoms. The fourth-order valence-corrected chi connectivity index (χ4v) is 6.01. The Morgan fingerprint density at radius 2 is 1.80 bits per heavy atom. The minimum Gasteiger partial charge on any atom is -0.487 e. The second-order valence-corrected chi connectivity index (χ2v) is 10.6. The Labute approximate surface area is 215 Å². The number of carbonyl (C=O) groups is 2. The van der Waals surface area contributed by atoms with Gasteiger partial charge in [-0.3, -0.25) is 14.5 Å². The molecule has 30 heavy (non-hydrogen) atoms. The highest BCUT2D eigenvalue weighted by molar-refractivity contribution is 14.1.